The van der Waals surface area contributed by atoms with Gasteiger partial charge in [-0.05, 0) is 26.2 Å². The summed E-state index contributed by atoms with van der Waals surface area (Å²) in [5.41, 5.74) is -0.749. The van der Waals surface area contributed by atoms with Crippen molar-refractivity contribution < 1.29 is 18.1 Å². The van der Waals surface area contributed by atoms with Gasteiger partial charge < -0.3 is 18.1 Å². The molecule has 1 nitrogen and oxygen atoms in total. The normalized spacial score (nSPS) is 29.2. The molecule has 0 saturated heterocycles. The third-order valence-electron chi connectivity index (χ3n) is 3.21. The lowest BCUT2D eigenvalue weighted by Crippen LogP contribution is -2.30. The highest BCUT2D eigenvalue weighted by Gasteiger charge is 2.37. The zero-order valence-electron chi connectivity index (χ0n) is 9.35. The molecule has 15 heavy (non-hydrogen) atoms. The van der Waals surface area contributed by atoms with Crippen LogP contribution in [0.1, 0.15) is 46.0 Å². The van der Waals surface area contributed by atoms with Gasteiger partial charge in [0, 0.05) is 0 Å². The van der Waals surface area contributed by atoms with Crippen LogP contribution in [0.4, 0.5) is 12.9 Å². The maximum atomic E-state index is 12.4. The average molecular weight is 223 g/mol. The summed E-state index contributed by atoms with van der Waals surface area (Å²) in [5, 5.41) is 9.58. The fraction of sp³-hybridized carbons (Fsp3) is 1.00. The first-order chi connectivity index (χ1) is 6.68. The zero-order valence-corrected chi connectivity index (χ0v) is 9.35. The van der Waals surface area contributed by atoms with E-state index in [0.29, 0.717) is 19.3 Å². The van der Waals surface area contributed by atoms with Gasteiger partial charge in [-0.25, -0.2) is 0 Å². The SMILES string of the molecule is CC(C)(O)CC1CCC([B-](F)(F)F)CC1. The van der Waals surface area contributed by atoms with Crippen LogP contribution in [0.2, 0.25) is 5.82 Å². The van der Waals surface area contributed by atoms with Crippen LogP contribution in [0.25, 0.3) is 0 Å². The van der Waals surface area contributed by atoms with E-state index >= 15 is 0 Å². The van der Waals surface area contributed by atoms with Crippen molar-refractivity contribution in [3.05, 3.63) is 0 Å². The lowest BCUT2D eigenvalue weighted by Gasteiger charge is -2.36. The van der Waals surface area contributed by atoms with Crippen LogP contribution in [-0.2, 0) is 0 Å². The quantitative estimate of drug-likeness (QED) is 0.725. The Morgan fingerprint density at radius 3 is 1.93 bits per heavy atom. The molecule has 0 unspecified atom stereocenters. The topological polar surface area (TPSA) is 20.2 Å². The van der Waals surface area contributed by atoms with Crippen LogP contribution in [0.5, 0.6) is 0 Å². The highest BCUT2D eigenvalue weighted by molar-refractivity contribution is 6.60. The van der Waals surface area contributed by atoms with Crippen molar-refractivity contribution in [3.8, 4) is 0 Å². The van der Waals surface area contributed by atoms with E-state index in [-0.39, 0.29) is 18.8 Å². The fourth-order valence-electron chi connectivity index (χ4n) is 2.48. The predicted octanol–water partition coefficient (Wildman–Crippen LogP) is 3.56. The minimum absolute atomic E-state index is 0.254. The van der Waals surface area contributed by atoms with E-state index in [1.807, 2.05) is 0 Å². The van der Waals surface area contributed by atoms with Crippen LogP contribution in [0, 0.1) is 5.92 Å². The molecule has 5 heteroatoms. The highest BCUT2D eigenvalue weighted by Crippen LogP contribution is 2.43. The molecule has 0 heterocycles. The van der Waals surface area contributed by atoms with Gasteiger partial charge in [-0.3, -0.25) is 0 Å². The molecule has 1 aliphatic rings. The van der Waals surface area contributed by atoms with Gasteiger partial charge in [0.25, 0.3) is 0 Å². The molecular formula is C10H19BF3O-. The summed E-state index contributed by atoms with van der Waals surface area (Å²) in [6.07, 6.45) is 2.34. The van der Waals surface area contributed by atoms with Crippen molar-refractivity contribution in [1.29, 1.82) is 0 Å². The van der Waals surface area contributed by atoms with Crippen molar-refractivity contribution in [2.75, 3.05) is 0 Å². The Hall–Kier alpha value is -0.185. The minimum Gasteiger partial charge on any atom is -0.449 e. The first kappa shape index (κ1) is 12.9. The molecule has 0 spiro atoms. The number of hydrogen-bond donors (Lipinski definition) is 1. The summed E-state index contributed by atoms with van der Waals surface area (Å²) in [4.78, 5) is 0. The summed E-state index contributed by atoms with van der Waals surface area (Å²) in [6.45, 7) is -1.22. The van der Waals surface area contributed by atoms with Gasteiger partial charge in [-0.2, -0.15) is 0 Å². The first-order valence-electron chi connectivity index (χ1n) is 5.61. The largest absolute Gasteiger partial charge is 0.481 e. The van der Waals surface area contributed by atoms with Crippen LogP contribution in [0.15, 0.2) is 0 Å². The second-order valence-corrected chi connectivity index (χ2v) is 5.42. The number of halogens is 3. The lowest BCUT2D eigenvalue weighted by molar-refractivity contribution is 0.0451. The fourth-order valence-corrected chi connectivity index (χ4v) is 2.48. The Morgan fingerprint density at radius 2 is 1.60 bits per heavy atom. The maximum Gasteiger partial charge on any atom is 0.481 e. The molecule has 1 fully saturated rings. The van der Waals surface area contributed by atoms with E-state index in [4.69, 9.17) is 0 Å². The molecule has 1 saturated carbocycles. The van der Waals surface area contributed by atoms with Crippen molar-refractivity contribution >= 4 is 6.98 Å². The van der Waals surface area contributed by atoms with Gasteiger partial charge in [-0.1, -0.05) is 31.5 Å². The monoisotopic (exact) mass is 223 g/mol. The van der Waals surface area contributed by atoms with E-state index in [1.165, 1.54) is 0 Å². The molecule has 0 aliphatic heterocycles. The van der Waals surface area contributed by atoms with E-state index in [0.717, 1.165) is 0 Å². The number of aliphatic hydroxyl groups is 1. The molecule has 1 rings (SSSR count). The van der Waals surface area contributed by atoms with Crippen LogP contribution in [-0.4, -0.2) is 17.7 Å². The molecule has 0 aromatic rings. The molecule has 0 amide bonds. The molecule has 0 aromatic carbocycles. The Labute approximate surface area is 89.1 Å². The zero-order chi connectivity index (χ0) is 11.7. The van der Waals surface area contributed by atoms with Gasteiger partial charge >= 0.3 is 6.98 Å². The predicted molar refractivity (Wildman–Crippen MR) is 55.7 cm³/mol. The van der Waals surface area contributed by atoms with Gasteiger partial charge in [0.2, 0.25) is 0 Å². The third kappa shape index (κ3) is 4.45. The van der Waals surface area contributed by atoms with Crippen molar-refractivity contribution in [2.45, 2.75) is 57.4 Å². The van der Waals surface area contributed by atoms with E-state index < -0.39 is 18.4 Å². The molecule has 0 bridgehead atoms. The van der Waals surface area contributed by atoms with Gasteiger partial charge in [-0.15, -0.1) is 0 Å². The van der Waals surface area contributed by atoms with Crippen molar-refractivity contribution in [2.24, 2.45) is 5.92 Å². The van der Waals surface area contributed by atoms with Gasteiger partial charge in [0.05, 0.1) is 5.60 Å². The second-order valence-electron chi connectivity index (χ2n) is 5.42. The van der Waals surface area contributed by atoms with Gasteiger partial charge in [0.15, 0.2) is 0 Å². The third-order valence-corrected chi connectivity index (χ3v) is 3.21. The molecule has 1 N–H and O–H groups in total. The number of rotatable bonds is 3. The Bertz CT molecular complexity index is 202. The molecular weight excluding hydrogens is 204 g/mol. The van der Waals surface area contributed by atoms with Crippen LogP contribution in [0.3, 0.4) is 0 Å². The summed E-state index contributed by atoms with van der Waals surface area (Å²) >= 11 is 0. The second kappa shape index (κ2) is 4.36. The molecule has 0 atom stereocenters. The Balaban J connectivity index is 2.37. The van der Waals surface area contributed by atoms with Crippen LogP contribution >= 0.6 is 0 Å². The number of hydrogen-bond acceptors (Lipinski definition) is 1. The molecule has 90 valence electrons. The van der Waals surface area contributed by atoms with Gasteiger partial charge in [0.1, 0.15) is 0 Å². The average Bonchev–Trinajstić information content (AvgIpc) is 2.00. The van der Waals surface area contributed by atoms with Crippen molar-refractivity contribution in [1.82, 2.24) is 0 Å². The molecule has 0 aromatic heterocycles. The standard InChI is InChI=1S/C10H19BF3O/c1-10(2,15)7-8-3-5-9(6-4-8)11(12,13)14/h8-9,15H,3-7H2,1-2H3/q-1. The Morgan fingerprint density at radius 1 is 1.13 bits per heavy atom. The smallest absolute Gasteiger partial charge is 0.449 e. The first-order valence-corrected chi connectivity index (χ1v) is 5.61. The van der Waals surface area contributed by atoms with E-state index in [9.17, 15) is 18.1 Å². The van der Waals surface area contributed by atoms with E-state index in [2.05, 4.69) is 0 Å². The van der Waals surface area contributed by atoms with E-state index in [1.54, 1.807) is 13.8 Å². The minimum atomic E-state index is -4.65. The summed E-state index contributed by atoms with van der Waals surface area (Å²) in [7, 11) is 0. The Kier molecular flexibility index (Phi) is 3.74. The summed E-state index contributed by atoms with van der Waals surface area (Å²) in [5.74, 6) is -0.789. The maximum absolute atomic E-state index is 12.4. The lowest BCUT2D eigenvalue weighted by atomic mass is 9.62. The molecule has 1 aliphatic carbocycles. The highest BCUT2D eigenvalue weighted by atomic mass is 19.4. The summed E-state index contributed by atoms with van der Waals surface area (Å²) in [6, 6.07) is 0. The van der Waals surface area contributed by atoms with Crippen LogP contribution < -0.4 is 0 Å². The molecule has 0 radical (unpaired) electrons. The summed E-state index contributed by atoms with van der Waals surface area (Å²) < 4.78 is 37.3. The van der Waals surface area contributed by atoms with Crippen molar-refractivity contribution in [3.63, 3.8) is 0 Å².